The van der Waals surface area contributed by atoms with Crippen LogP contribution in [0.2, 0.25) is 0 Å². The molecule has 0 aromatic carbocycles. The Morgan fingerprint density at radius 2 is 2.13 bits per heavy atom. The zero-order valence-corrected chi connectivity index (χ0v) is 17.1. The van der Waals surface area contributed by atoms with E-state index in [9.17, 15) is 4.79 Å². The van der Waals surface area contributed by atoms with Gasteiger partial charge in [0.15, 0.2) is 5.82 Å². The van der Waals surface area contributed by atoms with E-state index in [1.807, 2.05) is 4.90 Å². The molecule has 1 saturated heterocycles. The molecule has 1 atom stereocenters. The normalized spacial score (nSPS) is 20.1. The summed E-state index contributed by atoms with van der Waals surface area (Å²) in [5.41, 5.74) is 3.39. The monoisotopic (exact) mass is 420 g/mol. The first kappa shape index (κ1) is 18.3. The fourth-order valence-electron chi connectivity index (χ4n) is 4.53. The molecule has 0 radical (unpaired) electrons. The summed E-state index contributed by atoms with van der Waals surface area (Å²) in [6.45, 7) is 0.732. The first-order valence-electron chi connectivity index (χ1n) is 10.9. The molecule has 0 bridgehead atoms. The molecule has 2 aliphatic carbocycles. The summed E-state index contributed by atoms with van der Waals surface area (Å²) >= 11 is 0. The Balaban J connectivity index is 1.27. The molecular weight excluding hydrogens is 396 g/mol. The minimum Gasteiger partial charge on any atom is -0.432 e. The Bertz CT molecular complexity index is 1100. The average molecular weight is 420 g/mol. The number of anilines is 4. The van der Waals surface area contributed by atoms with Crippen molar-refractivity contribution in [2.75, 3.05) is 22.1 Å². The van der Waals surface area contributed by atoms with Gasteiger partial charge in [-0.2, -0.15) is 10.1 Å². The molecule has 3 N–H and O–H groups in total. The van der Waals surface area contributed by atoms with Gasteiger partial charge in [0.25, 0.3) is 5.91 Å². The second-order valence-corrected chi connectivity index (χ2v) is 8.44. The van der Waals surface area contributed by atoms with Gasteiger partial charge in [-0.05, 0) is 44.9 Å². The summed E-state index contributed by atoms with van der Waals surface area (Å²) in [6.07, 6.45) is 9.96. The van der Waals surface area contributed by atoms with E-state index in [0.717, 1.165) is 61.5 Å². The number of nitrogens with one attached hydrogen (secondary N) is 3. The Morgan fingerprint density at radius 1 is 1.19 bits per heavy atom. The summed E-state index contributed by atoms with van der Waals surface area (Å²) < 4.78 is 5.16. The molecule has 1 amide bonds. The van der Waals surface area contributed by atoms with Crippen LogP contribution in [-0.4, -0.2) is 43.6 Å². The number of amides is 1. The molecule has 3 aromatic heterocycles. The number of oxazole rings is 1. The number of carbonyl (C=O) groups excluding carboxylic acids is 1. The highest BCUT2D eigenvalue weighted by Gasteiger charge is 2.34. The Morgan fingerprint density at radius 3 is 2.97 bits per heavy atom. The van der Waals surface area contributed by atoms with Crippen LogP contribution in [0.3, 0.4) is 0 Å². The molecule has 0 spiro atoms. The fourth-order valence-corrected chi connectivity index (χ4v) is 4.53. The molecule has 31 heavy (non-hydrogen) atoms. The van der Waals surface area contributed by atoms with E-state index >= 15 is 0 Å². The highest BCUT2D eigenvalue weighted by atomic mass is 16.4. The zero-order valence-electron chi connectivity index (χ0n) is 17.1. The lowest BCUT2D eigenvalue weighted by molar-refractivity contribution is -0.117. The molecule has 160 valence electrons. The molecule has 6 rings (SSSR count). The van der Waals surface area contributed by atoms with Gasteiger partial charge in [-0.1, -0.05) is 0 Å². The summed E-state index contributed by atoms with van der Waals surface area (Å²) in [4.78, 5) is 28.5. The smallest absolute Gasteiger partial charge is 0.301 e. The van der Waals surface area contributed by atoms with Gasteiger partial charge in [0.05, 0.1) is 11.9 Å². The number of rotatable bonds is 6. The standard InChI is InChI=1S/C21H24N8O2/c30-19(26-21-22-8-10-31-21)16-5-2-9-29(16)20-23-14-4-1-3-13(14)18(25-20)24-17-11-15(27-28-17)12-6-7-12/h8,10-12,16H,1-7,9H2,(H,22,26,30)(H2,23,24,25,27,28). The molecule has 10 nitrogen and oxygen atoms in total. The van der Waals surface area contributed by atoms with Gasteiger partial charge in [0.2, 0.25) is 5.95 Å². The Labute approximate surface area is 178 Å². The second kappa shape index (κ2) is 7.36. The molecule has 2 fully saturated rings. The van der Waals surface area contributed by atoms with E-state index in [1.54, 1.807) is 0 Å². The van der Waals surface area contributed by atoms with Crippen LogP contribution in [0.4, 0.5) is 23.6 Å². The predicted octanol–water partition coefficient (Wildman–Crippen LogP) is 2.90. The van der Waals surface area contributed by atoms with Crippen molar-refractivity contribution in [3.05, 3.63) is 35.5 Å². The number of aryl methyl sites for hydroxylation is 1. The maximum Gasteiger partial charge on any atom is 0.301 e. The van der Waals surface area contributed by atoms with Crippen LogP contribution < -0.4 is 15.5 Å². The van der Waals surface area contributed by atoms with Crippen LogP contribution in [0.25, 0.3) is 0 Å². The molecular formula is C21H24N8O2. The number of aromatic nitrogens is 5. The van der Waals surface area contributed by atoms with Crippen molar-refractivity contribution in [3.63, 3.8) is 0 Å². The van der Waals surface area contributed by atoms with E-state index in [4.69, 9.17) is 14.4 Å². The Hall–Kier alpha value is -3.43. The van der Waals surface area contributed by atoms with Gasteiger partial charge >= 0.3 is 6.01 Å². The van der Waals surface area contributed by atoms with Crippen molar-refractivity contribution in [2.24, 2.45) is 0 Å². The van der Waals surface area contributed by atoms with Crippen molar-refractivity contribution < 1.29 is 9.21 Å². The number of hydrogen-bond donors (Lipinski definition) is 3. The van der Waals surface area contributed by atoms with Gasteiger partial charge < -0.3 is 14.6 Å². The number of nitrogens with zero attached hydrogens (tertiary/aromatic N) is 5. The SMILES string of the molecule is O=C(Nc1ncco1)C1CCCN1c1nc2c(c(Nc3cc(C4CC4)[nH]n3)n1)CCC2. The number of carbonyl (C=O) groups is 1. The van der Waals surface area contributed by atoms with Crippen molar-refractivity contribution in [1.82, 2.24) is 25.1 Å². The number of aromatic amines is 1. The number of hydrogen-bond acceptors (Lipinski definition) is 8. The lowest BCUT2D eigenvalue weighted by Gasteiger charge is -2.24. The minimum absolute atomic E-state index is 0.153. The van der Waals surface area contributed by atoms with E-state index in [2.05, 4.69) is 31.9 Å². The third-order valence-electron chi connectivity index (χ3n) is 6.26. The highest BCUT2D eigenvalue weighted by molar-refractivity contribution is 5.95. The van der Waals surface area contributed by atoms with Crippen LogP contribution in [0.15, 0.2) is 22.9 Å². The van der Waals surface area contributed by atoms with E-state index in [1.165, 1.54) is 31.0 Å². The van der Waals surface area contributed by atoms with Crippen molar-refractivity contribution >= 4 is 29.5 Å². The quantitative estimate of drug-likeness (QED) is 0.556. The lowest BCUT2D eigenvalue weighted by atomic mass is 10.2. The maximum atomic E-state index is 12.8. The first-order chi connectivity index (χ1) is 15.2. The van der Waals surface area contributed by atoms with Gasteiger partial charge in [-0.25, -0.2) is 9.97 Å². The van der Waals surface area contributed by atoms with Crippen LogP contribution >= 0.6 is 0 Å². The van der Waals surface area contributed by atoms with E-state index < -0.39 is 0 Å². The molecule has 1 saturated carbocycles. The van der Waals surface area contributed by atoms with Crippen molar-refractivity contribution in [1.29, 1.82) is 0 Å². The largest absolute Gasteiger partial charge is 0.432 e. The van der Waals surface area contributed by atoms with Gasteiger partial charge in [0, 0.05) is 29.8 Å². The molecule has 3 aliphatic rings. The predicted molar refractivity (Wildman–Crippen MR) is 113 cm³/mol. The van der Waals surface area contributed by atoms with Crippen LogP contribution in [0, 0.1) is 0 Å². The van der Waals surface area contributed by atoms with Crippen LogP contribution in [-0.2, 0) is 17.6 Å². The molecule has 1 aliphatic heterocycles. The molecule has 1 unspecified atom stereocenters. The van der Waals surface area contributed by atoms with E-state index in [0.29, 0.717) is 11.9 Å². The Kier molecular flexibility index (Phi) is 4.36. The third kappa shape index (κ3) is 3.51. The zero-order chi connectivity index (χ0) is 20.8. The summed E-state index contributed by atoms with van der Waals surface area (Å²) in [5.74, 6) is 2.62. The summed E-state index contributed by atoms with van der Waals surface area (Å²) in [5, 5.41) is 13.7. The number of fused-ring (bicyclic) bond motifs is 1. The summed E-state index contributed by atoms with van der Waals surface area (Å²) in [7, 11) is 0. The van der Waals surface area contributed by atoms with E-state index in [-0.39, 0.29) is 18.0 Å². The highest BCUT2D eigenvalue weighted by Crippen LogP contribution is 2.40. The minimum atomic E-state index is -0.356. The van der Waals surface area contributed by atoms with Gasteiger partial charge in [0.1, 0.15) is 18.1 Å². The molecule has 4 heterocycles. The van der Waals surface area contributed by atoms with Crippen LogP contribution in [0.1, 0.15) is 55.0 Å². The topological polar surface area (TPSA) is 125 Å². The van der Waals surface area contributed by atoms with Crippen molar-refractivity contribution in [3.8, 4) is 0 Å². The van der Waals surface area contributed by atoms with Crippen molar-refractivity contribution in [2.45, 2.75) is 56.9 Å². The first-order valence-corrected chi connectivity index (χ1v) is 10.9. The third-order valence-corrected chi connectivity index (χ3v) is 6.26. The maximum absolute atomic E-state index is 12.8. The average Bonchev–Trinajstić information content (AvgIpc) is 3.27. The van der Waals surface area contributed by atoms with Gasteiger partial charge in [-0.3, -0.25) is 15.2 Å². The van der Waals surface area contributed by atoms with Gasteiger partial charge in [-0.15, -0.1) is 0 Å². The molecule has 10 heteroatoms. The number of H-pyrrole nitrogens is 1. The summed E-state index contributed by atoms with van der Waals surface area (Å²) in [6, 6.07) is 1.92. The lowest BCUT2D eigenvalue weighted by Crippen LogP contribution is -2.40. The fraction of sp³-hybridized carbons (Fsp3) is 0.476. The van der Waals surface area contributed by atoms with Crippen LogP contribution in [0.5, 0.6) is 0 Å². The second-order valence-electron chi connectivity index (χ2n) is 8.44. The molecule has 3 aromatic rings.